The Morgan fingerprint density at radius 1 is 1.30 bits per heavy atom. The molecule has 7 heteroatoms. The molecule has 1 aromatic carbocycles. The van der Waals surface area contributed by atoms with Crippen molar-refractivity contribution in [3.63, 3.8) is 0 Å². The minimum atomic E-state index is -0.451. The number of pyridine rings is 1. The Bertz CT molecular complexity index is 634. The molecule has 0 spiro atoms. The molecule has 0 saturated carbocycles. The Labute approximate surface area is 120 Å². The van der Waals surface area contributed by atoms with Crippen LogP contribution in [-0.4, -0.2) is 17.0 Å². The van der Waals surface area contributed by atoms with Crippen molar-refractivity contribution in [3.8, 4) is 0 Å². The molecule has 0 atom stereocenters. The summed E-state index contributed by atoms with van der Waals surface area (Å²) >= 11 is 5.90. The molecule has 20 heavy (non-hydrogen) atoms. The summed E-state index contributed by atoms with van der Waals surface area (Å²) in [6, 6.07) is 10.1. The van der Waals surface area contributed by atoms with Gasteiger partial charge in [-0.3, -0.25) is 10.1 Å². The lowest BCUT2D eigenvalue weighted by molar-refractivity contribution is -0.384. The van der Waals surface area contributed by atoms with E-state index in [0.29, 0.717) is 23.2 Å². The highest BCUT2D eigenvalue weighted by Crippen LogP contribution is 2.21. The van der Waals surface area contributed by atoms with Gasteiger partial charge < -0.3 is 10.6 Å². The summed E-state index contributed by atoms with van der Waals surface area (Å²) in [4.78, 5) is 14.6. The molecule has 0 aliphatic rings. The molecule has 2 N–H and O–H groups in total. The number of hydrogen-bond acceptors (Lipinski definition) is 5. The fourth-order valence-electron chi connectivity index (χ4n) is 1.68. The van der Waals surface area contributed by atoms with Crippen molar-refractivity contribution >= 4 is 28.9 Å². The number of nitrogens with zero attached hydrogens (tertiary/aromatic N) is 2. The van der Waals surface area contributed by atoms with E-state index in [-0.39, 0.29) is 5.69 Å². The van der Waals surface area contributed by atoms with E-state index in [0.717, 1.165) is 5.56 Å². The van der Waals surface area contributed by atoms with Crippen molar-refractivity contribution in [1.29, 1.82) is 0 Å². The normalized spacial score (nSPS) is 10.1. The Morgan fingerprint density at radius 3 is 2.70 bits per heavy atom. The molecule has 0 fully saturated rings. The summed E-state index contributed by atoms with van der Waals surface area (Å²) in [5.74, 6) is 0.872. The lowest BCUT2D eigenvalue weighted by atomic mass is 10.2. The van der Waals surface area contributed by atoms with Crippen LogP contribution in [0.2, 0.25) is 5.02 Å². The van der Waals surface area contributed by atoms with Gasteiger partial charge in [0.05, 0.1) is 17.1 Å². The average molecular weight is 293 g/mol. The molecule has 0 amide bonds. The Hall–Kier alpha value is -2.34. The van der Waals surface area contributed by atoms with Crippen LogP contribution in [0.5, 0.6) is 0 Å². The van der Waals surface area contributed by atoms with Gasteiger partial charge in [-0.25, -0.2) is 4.98 Å². The highest BCUT2D eigenvalue weighted by atomic mass is 35.5. The standard InChI is InChI=1S/C13H13ClN4O2/c1-15-12-6-11(18(19)20)7-13(17-12)16-8-9-3-2-4-10(14)5-9/h2-7H,8H2,1H3,(H2,15,16,17). The molecule has 0 aliphatic heterocycles. The zero-order valence-corrected chi connectivity index (χ0v) is 11.5. The first-order chi connectivity index (χ1) is 9.58. The molecule has 0 bridgehead atoms. The summed E-state index contributed by atoms with van der Waals surface area (Å²) in [6.07, 6.45) is 0. The van der Waals surface area contributed by atoms with E-state index in [1.54, 1.807) is 13.1 Å². The fourth-order valence-corrected chi connectivity index (χ4v) is 1.89. The average Bonchev–Trinajstić information content (AvgIpc) is 2.45. The second-order valence-corrected chi connectivity index (χ2v) is 4.52. The number of anilines is 2. The largest absolute Gasteiger partial charge is 0.373 e. The van der Waals surface area contributed by atoms with Gasteiger partial charge in [0.15, 0.2) is 0 Å². The van der Waals surface area contributed by atoms with Gasteiger partial charge in [-0.05, 0) is 17.7 Å². The number of aromatic nitrogens is 1. The summed E-state index contributed by atoms with van der Waals surface area (Å²) in [5.41, 5.74) is 0.953. The number of nitro groups is 1. The smallest absolute Gasteiger partial charge is 0.276 e. The van der Waals surface area contributed by atoms with Gasteiger partial charge in [0.1, 0.15) is 11.6 Å². The van der Waals surface area contributed by atoms with Gasteiger partial charge in [-0.15, -0.1) is 0 Å². The molecule has 6 nitrogen and oxygen atoms in total. The number of halogens is 1. The predicted octanol–water partition coefficient (Wildman–Crippen LogP) is 3.30. The zero-order valence-electron chi connectivity index (χ0n) is 10.8. The van der Waals surface area contributed by atoms with Crippen LogP contribution in [0.1, 0.15) is 5.56 Å². The lowest BCUT2D eigenvalue weighted by Crippen LogP contribution is -2.04. The molecule has 0 unspecified atom stereocenters. The first-order valence-electron chi connectivity index (χ1n) is 5.91. The molecule has 0 saturated heterocycles. The third-order valence-electron chi connectivity index (χ3n) is 2.64. The number of hydrogen-bond donors (Lipinski definition) is 2. The van der Waals surface area contributed by atoms with Crippen LogP contribution in [0, 0.1) is 10.1 Å². The Morgan fingerprint density at radius 2 is 2.05 bits per heavy atom. The van der Waals surface area contributed by atoms with Crippen molar-refractivity contribution in [3.05, 3.63) is 57.1 Å². The molecule has 104 valence electrons. The van der Waals surface area contributed by atoms with E-state index in [9.17, 15) is 10.1 Å². The molecule has 1 aromatic heterocycles. The Balaban J connectivity index is 2.16. The summed E-state index contributed by atoms with van der Waals surface area (Å²) in [6.45, 7) is 0.484. The highest BCUT2D eigenvalue weighted by molar-refractivity contribution is 6.30. The quantitative estimate of drug-likeness (QED) is 0.653. The van der Waals surface area contributed by atoms with Crippen molar-refractivity contribution in [1.82, 2.24) is 4.98 Å². The topological polar surface area (TPSA) is 80.1 Å². The van der Waals surface area contributed by atoms with Crippen molar-refractivity contribution in [2.75, 3.05) is 17.7 Å². The minimum absolute atomic E-state index is 0.0158. The van der Waals surface area contributed by atoms with Crippen LogP contribution in [0.3, 0.4) is 0 Å². The van der Waals surface area contributed by atoms with E-state index in [1.807, 2.05) is 18.2 Å². The summed E-state index contributed by atoms with van der Waals surface area (Å²) in [7, 11) is 1.66. The maximum absolute atomic E-state index is 10.8. The molecule has 1 heterocycles. The highest BCUT2D eigenvalue weighted by Gasteiger charge is 2.10. The first kappa shape index (κ1) is 14.1. The van der Waals surface area contributed by atoms with Crippen molar-refractivity contribution in [2.24, 2.45) is 0 Å². The zero-order chi connectivity index (χ0) is 14.5. The minimum Gasteiger partial charge on any atom is -0.373 e. The van der Waals surface area contributed by atoms with Gasteiger partial charge in [-0.1, -0.05) is 23.7 Å². The molecular formula is C13H13ClN4O2. The maximum atomic E-state index is 10.8. The van der Waals surface area contributed by atoms with Crippen molar-refractivity contribution in [2.45, 2.75) is 6.54 Å². The number of rotatable bonds is 5. The first-order valence-corrected chi connectivity index (χ1v) is 6.29. The van der Waals surface area contributed by atoms with E-state index in [2.05, 4.69) is 15.6 Å². The van der Waals surface area contributed by atoms with Crippen LogP contribution in [0.4, 0.5) is 17.3 Å². The summed E-state index contributed by atoms with van der Waals surface area (Å²) in [5, 5.41) is 17.3. The summed E-state index contributed by atoms with van der Waals surface area (Å²) < 4.78 is 0. The van der Waals surface area contributed by atoms with Gasteiger partial charge in [0.25, 0.3) is 5.69 Å². The van der Waals surface area contributed by atoms with Crippen molar-refractivity contribution < 1.29 is 4.92 Å². The molecule has 0 aliphatic carbocycles. The lowest BCUT2D eigenvalue weighted by Gasteiger charge is -2.08. The van der Waals surface area contributed by atoms with Crippen LogP contribution < -0.4 is 10.6 Å². The van der Waals surface area contributed by atoms with Crippen LogP contribution in [0.15, 0.2) is 36.4 Å². The number of benzene rings is 1. The second kappa shape index (κ2) is 6.21. The number of nitrogens with one attached hydrogen (secondary N) is 2. The Kier molecular flexibility index (Phi) is 4.37. The second-order valence-electron chi connectivity index (χ2n) is 4.09. The molecular weight excluding hydrogens is 280 g/mol. The van der Waals surface area contributed by atoms with E-state index in [4.69, 9.17) is 11.6 Å². The maximum Gasteiger partial charge on any atom is 0.276 e. The molecule has 2 aromatic rings. The van der Waals surface area contributed by atoms with E-state index >= 15 is 0 Å². The van der Waals surface area contributed by atoms with Gasteiger partial charge in [0, 0.05) is 18.6 Å². The predicted molar refractivity (Wildman–Crippen MR) is 79.2 cm³/mol. The van der Waals surface area contributed by atoms with Gasteiger partial charge in [-0.2, -0.15) is 0 Å². The van der Waals surface area contributed by atoms with E-state index < -0.39 is 4.92 Å². The van der Waals surface area contributed by atoms with E-state index in [1.165, 1.54) is 12.1 Å². The third kappa shape index (κ3) is 3.58. The third-order valence-corrected chi connectivity index (χ3v) is 2.87. The van der Waals surface area contributed by atoms with Crippen LogP contribution >= 0.6 is 11.6 Å². The molecule has 0 radical (unpaired) electrons. The van der Waals surface area contributed by atoms with Crippen LogP contribution in [0.25, 0.3) is 0 Å². The van der Waals surface area contributed by atoms with Crippen LogP contribution in [-0.2, 0) is 6.54 Å². The van der Waals surface area contributed by atoms with Gasteiger partial charge >= 0.3 is 0 Å². The fraction of sp³-hybridized carbons (Fsp3) is 0.154. The van der Waals surface area contributed by atoms with Gasteiger partial charge in [0.2, 0.25) is 0 Å². The molecule has 2 rings (SSSR count). The monoisotopic (exact) mass is 292 g/mol. The SMILES string of the molecule is CNc1cc([N+](=O)[O-])cc(NCc2cccc(Cl)c2)n1.